The molecule has 2 aromatic carbocycles. The lowest BCUT2D eigenvalue weighted by molar-refractivity contribution is -0.150. The van der Waals surface area contributed by atoms with Gasteiger partial charge in [0, 0.05) is 0 Å². The van der Waals surface area contributed by atoms with E-state index in [9.17, 15) is 4.79 Å². The molecule has 2 atom stereocenters. The summed E-state index contributed by atoms with van der Waals surface area (Å²) < 4.78 is 5.69. The zero-order chi connectivity index (χ0) is 15.2. The standard InChI is InChI=1S/C19H22O2/c1-4-17(16-11-6-5-7-12-16)19(20)21-15(3)18-13-9-8-10-14(18)2/h5-13,15,17H,4H2,1-3H3/t15-,17-/m0/s1. The number of carbonyl (C=O) groups is 1. The maximum atomic E-state index is 12.4. The van der Waals surface area contributed by atoms with Gasteiger partial charge in [0.15, 0.2) is 0 Å². The summed E-state index contributed by atoms with van der Waals surface area (Å²) in [6.07, 6.45) is 0.514. The molecule has 21 heavy (non-hydrogen) atoms. The molecule has 2 nitrogen and oxygen atoms in total. The quantitative estimate of drug-likeness (QED) is 0.737. The fourth-order valence-electron chi connectivity index (χ4n) is 2.59. The van der Waals surface area contributed by atoms with Crippen molar-refractivity contribution in [3.63, 3.8) is 0 Å². The smallest absolute Gasteiger partial charge is 0.314 e. The van der Waals surface area contributed by atoms with Crippen molar-refractivity contribution in [1.29, 1.82) is 0 Å². The predicted molar refractivity (Wildman–Crippen MR) is 85.2 cm³/mol. The second-order valence-corrected chi connectivity index (χ2v) is 5.31. The van der Waals surface area contributed by atoms with Crippen LogP contribution in [0.5, 0.6) is 0 Å². The average molecular weight is 282 g/mol. The number of aryl methyl sites for hydroxylation is 1. The van der Waals surface area contributed by atoms with Gasteiger partial charge in [0.25, 0.3) is 0 Å². The molecule has 0 aliphatic heterocycles. The lowest BCUT2D eigenvalue weighted by Gasteiger charge is -2.20. The van der Waals surface area contributed by atoms with E-state index in [1.165, 1.54) is 0 Å². The Morgan fingerprint density at radius 2 is 1.67 bits per heavy atom. The molecule has 2 heteroatoms. The summed E-state index contributed by atoms with van der Waals surface area (Å²) in [5, 5.41) is 0. The van der Waals surface area contributed by atoms with Crippen LogP contribution >= 0.6 is 0 Å². The SMILES string of the molecule is CC[C@H](C(=O)O[C@@H](C)c1ccccc1C)c1ccccc1. The number of hydrogen-bond donors (Lipinski definition) is 0. The van der Waals surface area contributed by atoms with E-state index >= 15 is 0 Å². The van der Waals surface area contributed by atoms with Gasteiger partial charge in [-0.25, -0.2) is 0 Å². The van der Waals surface area contributed by atoms with Crippen molar-refractivity contribution in [2.45, 2.75) is 39.2 Å². The molecule has 0 radical (unpaired) electrons. The largest absolute Gasteiger partial charge is 0.457 e. The molecule has 0 heterocycles. The fourth-order valence-corrected chi connectivity index (χ4v) is 2.59. The molecule has 0 fully saturated rings. The summed E-state index contributed by atoms with van der Waals surface area (Å²) in [5.41, 5.74) is 3.22. The van der Waals surface area contributed by atoms with Gasteiger partial charge in [-0.05, 0) is 37.0 Å². The van der Waals surface area contributed by atoms with Crippen LogP contribution in [0.15, 0.2) is 54.6 Å². The van der Waals surface area contributed by atoms with Gasteiger partial charge in [0.05, 0.1) is 5.92 Å². The summed E-state index contributed by atoms with van der Waals surface area (Å²) in [7, 11) is 0. The maximum Gasteiger partial charge on any atom is 0.314 e. The van der Waals surface area contributed by atoms with Crippen LogP contribution in [0.3, 0.4) is 0 Å². The molecular weight excluding hydrogens is 260 g/mol. The number of esters is 1. The van der Waals surface area contributed by atoms with Gasteiger partial charge in [-0.1, -0.05) is 61.5 Å². The van der Waals surface area contributed by atoms with E-state index in [4.69, 9.17) is 4.74 Å². The minimum absolute atomic E-state index is 0.153. The van der Waals surface area contributed by atoms with Crippen molar-refractivity contribution in [1.82, 2.24) is 0 Å². The summed E-state index contributed by atoms with van der Waals surface area (Å²) in [6.45, 7) is 5.98. The highest BCUT2D eigenvalue weighted by Gasteiger charge is 2.23. The fraction of sp³-hybridized carbons (Fsp3) is 0.316. The molecule has 0 aromatic heterocycles. The van der Waals surface area contributed by atoms with Crippen LogP contribution in [0.25, 0.3) is 0 Å². The molecule has 2 aromatic rings. The van der Waals surface area contributed by atoms with Gasteiger partial charge >= 0.3 is 5.97 Å². The van der Waals surface area contributed by atoms with Gasteiger partial charge < -0.3 is 4.74 Å². The maximum absolute atomic E-state index is 12.4. The van der Waals surface area contributed by atoms with E-state index in [0.29, 0.717) is 0 Å². The van der Waals surface area contributed by atoms with E-state index in [1.54, 1.807) is 0 Å². The Balaban J connectivity index is 2.11. The minimum Gasteiger partial charge on any atom is -0.457 e. The molecule has 0 saturated heterocycles. The predicted octanol–water partition coefficient (Wildman–Crippen LogP) is 4.79. The average Bonchev–Trinajstić information content (AvgIpc) is 2.49. The Labute approximate surface area is 126 Å². The second kappa shape index (κ2) is 7.07. The first kappa shape index (κ1) is 15.3. The number of hydrogen-bond acceptors (Lipinski definition) is 2. The van der Waals surface area contributed by atoms with Crippen molar-refractivity contribution in [2.24, 2.45) is 0 Å². The van der Waals surface area contributed by atoms with E-state index in [-0.39, 0.29) is 18.0 Å². The number of ether oxygens (including phenoxy) is 1. The van der Waals surface area contributed by atoms with E-state index in [0.717, 1.165) is 23.1 Å². The Hall–Kier alpha value is -2.09. The third-order valence-electron chi connectivity index (χ3n) is 3.81. The van der Waals surface area contributed by atoms with Crippen molar-refractivity contribution >= 4 is 5.97 Å². The van der Waals surface area contributed by atoms with Gasteiger partial charge in [-0.15, -0.1) is 0 Å². The molecule has 0 N–H and O–H groups in total. The summed E-state index contributed by atoms with van der Waals surface area (Å²) in [5.74, 6) is -0.350. The van der Waals surface area contributed by atoms with Crippen LogP contribution in [0.1, 0.15) is 49.0 Å². The minimum atomic E-state index is -0.225. The first-order chi connectivity index (χ1) is 10.1. The molecule has 0 aliphatic rings. The molecule has 2 rings (SSSR count). The van der Waals surface area contributed by atoms with Crippen LogP contribution in [0.2, 0.25) is 0 Å². The van der Waals surface area contributed by atoms with E-state index in [2.05, 4.69) is 0 Å². The van der Waals surface area contributed by atoms with Crippen LogP contribution in [0.4, 0.5) is 0 Å². The van der Waals surface area contributed by atoms with Crippen molar-refractivity contribution in [2.75, 3.05) is 0 Å². The highest BCUT2D eigenvalue weighted by molar-refractivity contribution is 5.78. The third-order valence-corrected chi connectivity index (χ3v) is 3.81. The zero-order valence-electron chi connectivity index (χ0n) is 12.9. The molecule has 0 saturated carbocycles. The Morgan fingerprint density at radius 1 is 1.05 bits per heavy atom. The van der Waals surface area contributed by atoms with Gasteiger partial charge in [-0.3, -0.25) is 4.79 Å². The first-order valence-corrected chi connectivity index (χ1v) is 7.44. The van der Waals surface area contributed by atoms with Gasteiger partial charge in [0.2, 0.25) is 0 Å². The highest BCUT2D eigenvalue weighted by atomic mass is 16.5. The first-order valence-electron chi connectivity index (χ1n) is 7.44. The Morgan fingerprint density at radius 3 is 2.29 bits per heavy atom. The van der Waals surface area contributed by atoms with Crippen LogP contribution < -0.4 is 0 Å². The summed E-state index contributed by atoms with van der Waals surface area (Å²) in [4.78, 5) is 12.4. The van der Waals surface area contributed by atoms with Crippen LogP contribution in [-0.4, -0.2) is 5.97 Å². The van der Waals surface area contributed by atoms with Gasteiger partial charge in [0.1, 0.15) is 6.10 Å². The molecule has 110 valence electrons. The molecular formula is C19H22O2. The van der Waals surface area contributed by atoms with E-state index in [1.807, 2.05) is 75.4 Å². The molecule has 0 unspecified atom stereocenters. The second-order valence-electron chi connectivity index (χ2n) is 5.31. The topological polar surface area (TPSA) is 26.3 Å². The van der Waals surface area contributed by atoms with Crippen molar-refractivity contribution in [3.8, 4) is 0 Å². The lowest BCUT2D eigenvalue weighted by Crippen LogP contribution is -2.17. The Kier molecular flexibility index (Phi) is 5.15. The Bertz CT molecular complexity index is 590. The zero-order valence-corrected chi connectivity index (χ0v) is 12.9. The number of benzene rings is 2. The van der Waals surface area contributed by atoms with Crippen molar-refractivity contribution < 1.29 is 9.53 Å². The van der Waals surface area contributed by atoms with Crippen LogP contribution in [-0.2, 0) is 9.53 Å². The van der Waals surface area contributed by atoms with Crippen LogP contribution in [0, 0.1) is 6.92 Å². The summed E-state index contributed by atoms with van der Waals surface area (Å²) in [6, 6.07) is 17.8. The molecule has 0 spiro atoms. The number of rotatable bonds is 5. The third kappa shape index (κ3) is 3.72. The number of carbonyl (C=O) groups excluding carboxylic acids is 1. The molecule has 0 bridgehead atoms. The normalized spacial score (nSPS) is 13.5. The van der Waals surface area contributed by atoms with Gasteiger partial charge in [-0.2, -0.15) is 0 Å². The lowest BCUT2D eigenvalue weighted by atomic mass is 9.96. The van der Waals surface area contributed by atoms with E-state index < -0.39 is 0 Å². The molecule has 0 aliphatic carbocycles. The highest BCUT2D eigenvalue weighted by Crippen LogP contribution is 2.26. The molecule has 0 amide bonds. The monoisotopic (exact) mass is 282 g/mol. The summed E-state index contributed by atoms with van der Waals surface area (Å²) >= 11 is 0. The van der Waals surface area contributed by atoms with Crippen molar-refractivity contribution in [3.05, 3.63) is 71.3 Å².